The lowest BCUT2D eigenvalue weighted by Crippen LogP contribution is -2.38. The van der Waals surface area contributed by atoms with Crippen LogP contribution in [0.5, 0.6) is 23.0 Å². The molecular formula is C34H41NO6. The summed E-state index contributed by atoms with van der Waals surface area (Å²) in [6.07, 6.45) is 6.51. The predicted molar refractivity (Wildman–Crippen MR) is 161 cm³/mol. The third-order valence-corrected chi connectivity index (χ3v) is 7.70. The van der Waals surface area contributed by atoms with E-state index in [0.717, 1.165) is 51.7 Å². The van der Waals surface area contributed by atoms with Crippen molar-refractivity contribution in [1.29, 1.82) is 0 Å². The summed E-state index contributed by atoms with van der Waals surface area (Å²) >= 11 is 0. The monoisotopic (exact) mass is 559 g/mol. The SMILES string of the molecule is CC/C(=C(\c1ccc(OCOC)cc1)c1ccc(OCC(O)CNC2CCCCC2)cc1)c1ccc2c(c1)OCO2. The molecule has 1 aliphatic carbocycles. The van der Waals surface area contributed by atoms with Crippen molar-refractivity contribution in [2.45, 2.75) is 57.6 Å². The Morgan fingerprint density at radius 3 is 2.15 bits per heavy atom. The molecular weight excluding hydrogens is 518 g/mol. The molecule has 1 fully saturated rings. The van der Waals surface area contributed by atoms with Gasteiger partial charge in [0.15, 0.2) is 18.3 Å². The lowest BCUT2D eigenvalue weighted by molar-refractivity contribution is 0.0511. The molecule has 2 aliphatic rings. The number of allylic oxidation sites excluding steroid dienone is 1. The van der Waals surface area contributed by atoms with Gasteiger partial charge in [-0.2, -0.15) is 0 Å². The molecule has 0 aromatic heterocycles. The molecule has 1 atom stereocenters. The first-order valence-electron chi connectivity index (χ1n) is 14.6. The molecule has 0 saturated heterocycles. The lowest BCUT2D eigenvalue weighted by atomic mass is 9.88. The first kappa shape index (κ1) is 29.0. The van der Waals surface area contributed by atoms with Gasteiger partial charge in [-0.25, -0.2) is 0 Å². The highest BCUT2D eigenvalue weighted by molar-refractivity contribution is 5.99. The molecule has 3 aromatic carbocycles. The van der Waals surface area contributed by atoms with E-state index in [0.29, 0.717) is 12.6 Å². The van der Waals surface area contributed by atoms with E-state index < -0.39 is 6.10 Å². The van der Waals surface area contributed by atoms with Crippen molar-refractivity contribution >= 4 is 11.1 Å². The van der Waals surface area contributed by atoms with E-state index >= 15 is 0 Å². The molecule has 5 rings (SSSR count). The van der Waals surface area contributed by atoms with Crippen molar-refractivity contribution in [3.63, 3.8) is 0 Å². The third kappa shape index (κ3) is 7.61. The second kappa shape index (κ2) is 14.4. The average molecular weight is 560 g/mol. The van der Waals surface area contributed by atoms with E-state index in [4.69, 9.17) is 23.7 Å². The van der Waals surface area contributed by atoms with Crippen molar-refractivity contribution in [3.8, 4) is 23.0 Å². The van der Waals surface area contributed by atoms with Crippen LogP contribution in [-0.2, 0) is 4.74 Å². The minimum atomic E-state index is -0.552. The van der Waals surface area contributed by atoms with E-state index in [1.165, 1.54) is 37.7 Å². The minimum absolute atomic E-state index is 0.201. The van der Waals surface area contributed by atoms with Crippen molar-refractivity contribution in [2.75, 3.05) is 33.8 Å². The summed E-state index contributed by atoms with van der Waals surface area (Å²) < 4.78 is 27.8. The Bertz CT molecular complexity index is 1280. The maximum atomic E-state index is 10.5. The van der Waals surface area contributed by atoms with Crippen LogP contribution in [0.1, 0.15) is 62.1 Å². The molecule has 0 radical (unpaired) electrons. The smallest absolute Gasteiger partial charge is 0.231 e. The largest absolute Gasteiger partial charge is 0.491 e. The van der Waals surface area contributed by atoms with E-state index in [2.05, 4.69) is 48.6 Å². The van der Waals surface area contributed by atoms with Gasteiger partial charge in [-0.3, -0.25) is 0 Å². The molecule has 41 heavy (non-hydrogen) atoms. The number of benzene rings is 3. The maximum Gasteiger partial charge on any atom is 0.231 e. The zero-order valence-corrected chi connectivity index (χ0v) is 24.1. The maximum absolute atomic E-state index is 10.5. The first-order valence-corrected chi connectivity index (χ1v) is 14.6. The summed E-state index contributed by atoms with van der Waals surface area (Å²) in [5.41, 5.74) is 5.53. The predicted octanol–water partition coefficient (Wildman–Crippen LogP) is 6.43. The van der Waals surface area contributed by atoms with Gasteiger partial charge in [-0.15, -0.1) is 0 Å². The van der Waals surface area contributed by atoms with Crippen LogP contribution in [0.2, 0.25) is 0 Å². The van der Waals surface area contributed by atoms with Crippen LogP contribution >= 0.6 is 0 Å². The quantitative estimate of drug-likeness (QED) is 0.185. The zero-order chi connectivity index (χ0) is 28.4. The summed E-state index contributed by atoms with van der Waals surface area (Å²) in [6.45, 7) is 3.41. The van der Waals surface area contributed by atoms with Crippen molar-refractivity contribution < 1.29 is 28.8 Å². The lowest BCUT2D eigenvalue weighted by Gasteiger charge is -2.24. The molecule has 1 heterocycles. The Balaban J connectivity index is 1.36. The Labute approximate surface area is 243 Å². The van der Waals surface area contributed by atoms with Gasteiger partial charge in [0.05, 0.1) is 0 Å². The number of hydrogen-bond donors (Lipinski definition) is 2. The third-order valence-electron chi connectivity index (χ3n) is 7.70. The van der Waals surface area contributed by atoms with Crippen LogP contribution in [0.15, 0.2) is 66.7 Å². The highest BCUT2D eigenvalue weighted by atomic mass is 16.7. The number of rotatable bonds is 13. The Hall–Kier alpha value is -3.52. The molecule has 1 unspecified atom stereocenters. The number of methoxy groups -OCH3 is 1. The number of ether oxygens (including phenoxy) is 5. The fourth-order valence-corrected chi connectivity index (χ4v) is 5.55. The van der Waals surface area contributed by atoms with Crippen molar-refractivity contribution in [3.05, 3.63) is 83.4 Å². The van der Waals surface area contributed by atoms with E-state index in [1.54, 1.807) is 7.11 Å². The van der Waals surface area contributed by atoms with Gasteiger partial charge in [0.2, 0.25) is 6.79 Å². The second-order valence-electron chi connectivity index (χ2n) is 10.6. The molecule has 7 nitrogen and oxygen atoms in total. The number of fused-ring (bicyclic) bond motifs is 1. The summed E-state index contributed by atoms with van der Waals surface area (Å²) in [7, 11) is 1.61. The molecule has 1 aliphatic heterocycles. The Kier molecular flexibility index (Phi) is 10.2. The number of hydrogen-bond acceptors (Lipinski definition) is 7. The molecule has 218 valence electrons. The molecule has 7 heteroatoms. The fourth-order valence-electron chi connectivity index (χ4n) is 5.55. The molecule has 0 spiro atoms. The van der Waals surface area contributed by atoms with E-state index in [9.17, 15) is 5.11 Å². The summed E-state index contributed by atoms with van der Waals surface area (Å²) in [5, 5.41) is 14.0. The zero-order valence-electron chi connectivity index (χ0n) is 24.1. The molecule has 2 N–H and O–H groups in total. The second-order valence-corrected chi connectivity index (χ2v) is 10.6. The van der Waals surface area contributed by atoms with Crippen LogP contribution in [0.4, 0.5) is 0 Å². The van der Waals surface area contributed by atoms with E-state index in [1.807, 2.05) is 30.3 Å². The normalized spacial score (nSPS) is 16.3. The first-order chi connectivity index (χ1) is 20.1. The van der Waals surface area contributed by atoms with Crippen LogP contribution < -0.4 is 24.3 Å². The van der Waals surface area contributed by atoms with Crippen LogP contribution in [0.3, 0.4) is 0 Å². The molecule has 1 saturated carbocycles. The molecule has 3 aromatic rings. The van der Waals surface area contributed by atoms with E-state index in [-0.39, 0.29) is 20.2 Å². The topological polar surface area (TPSA) is 78.4 Å². The van der Waals surface area contributed by atoms with Crippen LogP contribution in [0, 0.1) is 0 Å². The van der Waals surface area contributed by atoms with Crippen LogP contribution in [0.25, 0.3) is 11.1 Å². The van der Waals surface area contributed by atoms with Gasteiger partial charge in [-0.05, 0) is 83.5 Å². The number of nitrogens with one attached hydrogen (secondary N) is 1. The van der Waals surface area contributed by atoms with Gasteiger partial charge < -0.3 is 34.1 Å². The van der Waals surface area contributed by atoms with Gasteiger partial charge >= 0.3 is 0 Å². The highest BCUT2D eigenvalue weighted by Gasteiger charge is 2.19. The fraction of sp³-hybridized carbons (Fsp3) is 0.412. The number of aliphatic hydroxyl groups is 1. The number of aliphatic hydroxyl groups excluding tert-OH is 1. The molecule has 0 bridgehead atoms. The summed E-state index contributed by atoms with van der Waals surface area (Å²) in [5.74, 6) is 3.00. The Morgan fingerprint density at radius 2 is 1.49 bits per heavy atom. The summed E-state index contributed by atoms with van der Waals surface area (Å²) in [4.78, 5) is 0. The van der Waals surface area contributed by atoms with Gasteiger partial charge in [-0.1, -0.05) is 56.5 Å². The Morgan fingerprint density at radius 1 is 0.854 bits per heavy atom. The van der Waals surface area contributed by atoms with Crippen LogP contribution in [-0.4, -0.2) is 51.1 Å². The summed E-state index contributed by atoms with van der Waals surface area (Å²) in [6, 6.07) is 22.8. The van der Waals surface area contributed by atoms with Crippen molar-refractivity contribution in [1.82, 2.24) is 5.32 Å². The standard InChI is InChI=1S/C34H41NO6/c1-3-31(26-13-18-32-33(19-26)41-23-40-32)34(25-11-16-30(17-12-25)39-22-37-2)24-9-14-29(15-10-24)38-21-28(36)20-35-27-7-5-4-6-8-27/h9-19,27-28,35-36H,3-8,20-23H2,1-2H3/b34-31+. The van der Waals surface area contributed by atoms with Gasteiger partial charge in [0.1, 0.15) is 24.2 Å². The highest BCUT2D eigenvalue weighted by Crippen LogP contribution is 2.40. The van der Waals surface area contributed by atoms with Crippen molar-refractivity contribution in [2.24, 2.45) is 0 Å². The minimum Gasteiger partial charge on any atom is -0.491 e. The molecule has 0 amide bonds. The average Bonchev–Trinajstić information content (AvgIpc) is 3.50. The van der Waals surface area contributed by atoms with Gasteiger partial charge in [0, 0.05) is 19.7 Å². The van der Waals surface area contributed by atoms with Gasteiger partial charge in [0.25, 0.3) is 0 Å².